The molecule has 0 fully saturated rings. The van der Waals surface area contributed by atoms with E-state index < -0.39 is 6.10 Å². The summed E-state index contributed by atoms with van der Waals surface area (Å²) in [5.74, 6) is -0.272. The van der Waals surface area contributed by atoms with Crippen LogP contribution in [0.3, 0.4) is 0 Å². The first-order valence-corrected chi connectivity index (χ1v) is 6.87. The third-order valence-corrected chi connectivity index (χ3v) is 2.92. The van der Waals surface area contributed by atoms with Gasteiger partial charge in [0.25, 0.3) is 0 Å². The quantitative estimate of drug-likeness (QED) is 0.840. The lowest BCUT2D eigenvalue weighted by molar-refractivity contribution is 0.119. The minimum atomic E-state index is -0.564. The molecule has 1 atom stereocenters. The first-order valence-electron chi connectivity index (χ1n) is 6.87. The van der Waals surface area contributed by atoms with Gasteiger partial charge in [-0.3, -0.25) is 0 Å². The average Bonchev–Trinajstić information content (AvgIpc) is 2.35. The number of carbonyl (C=O) groups excluding carboxylic acids is 1. The minimum Gasteiger partial charge on any atom is -0.392 e. The Morgan fingerprint density at radius 3 is 2.65 bits per heavy atom. The molecule has 0 saturated carbocycles. The monoisotopic (exact) mass is 282 g/mol. The van der Waals surface area contributed by atoms with E-state index in [9.17, 15) is 14.3 Å². The minimum absolute atomic E-state index is 0.0127. The zero-order valence-electron chi connectivity index (χ0n) is 12.3. The van der Waals surface area contributed by atoms with E-state index in [1.54, 1.807) is 17.9 Å². The molecular weight excluding hydrogens is 259 g/mol. The van der Waals surface area contributed by atoms with Gasteiger partial charge in [-0.15, -0.1) is 0 Å². The molecule has 4 nitrogen and oxygen atoms in total. The zero-order valence-corrected chi connectivity index (χ0v) is 12.3. The molecule has 112 valence electrons. The summed E-state index contributed by atoms with van der Waals surface area (Å²) in [5.41, 5.74) is 0.844. The van der Waals surface area contributed by atoms with Gasteiger partial charge in [0.2, 0.25) is 0 Å². The van der Waals surface area contributed by atoms with Gasteiger partial charge < -0.3 is 15.3 Å². The number of rotatable bonds is 6. The maximum Gasteiger partial charge on any atom is 0.317 e. The molecule has 1 aromatic rings. The van der Waals surface area contributed by atoms with E-state index >= 15 is 0 Å². The number of hydrogen-bond acceptors (Lipinski definition) is 2. The summed E-state index contributed by atoms with van der Waals surface area (Å²) in [6, 6.07) is 6.13. The second kappa shape index (κ2) is 7.85. The molecule has 0 aliphatic rings. The van der Waals surface area contributed by atoms with Crippen LogP contribution in [-0.2, 0) is 6.42 Å². The number of nitrogens with zero attached hydrogens (tertiary/aromatic N) is 1. The predicted octanol–water partition coefficient (Wildman–Crippen LogP) is 2.17. The molecule has 0 heterocycles. The second-order valence-corrected chi connectivity index (χ2v) is 5.21. The highest BCUT2D eigenvalue weighted by molar-refractivity contribution is 5.74. The molecule has 0 aromatic heterocycles. The summed E-state index contributed by atoms with van der Waals surface area (Å²) in [7, 11) is 0. The molecule has 5 heteroatoms. The lowest BCUT2D eigenvalue weighted by Crippen LogP contribution is -2.47. The Labute approximate surface area is 119 Å². The predicted molar refractivity (Wildman–Crippen MR) is 77.0 cm³/mol. The van der Waals surface area contributed by atoms with Crippen LogP contribution in [0.4, 0.5) is 9.18 Å². The summed E-state index contributed by atoms with van der Waals surface area (Å²) in [6.45, 7) is 6.17. The highest BCUT2D eigenvalue weighted by atomic mass is 19.1. The van der Waals surface area contributed by atoms with E-state index in [1.165, 1.54) is 12.1 Å². The van der Waals surface area contributed by atoms with Gasteiger partial charge in [-0.05, 0) is 44.9 Å². The SMILES string of the molecule is CC(O)CN(C(=O)NCCc1cccc(F)c1)C(C)C. The van der Waals surface area contributed by atoms with Crippen LogP contribution in [0.1, 0.15) is 26.3 Å². The standard InChI is InChI=1S/C15H23FN2O2/c1-11(2)18(10-12(3)19)15(20)17-8-7-13-5-4-6-14(16)9-13/h4-6,9,11-12,19H,7-8,10H2,1-3H3,(H,17,20). The van der Waals surface area contributed by atoms with Gasteiger partial charge in [0.15, 0.2) is 0 Å². The molecule has 2 N–H and O–H groups in total. The Kier molecular flexibility index (Phi) is 6.45. The van der Waals surface area contributed by atoms with E-state index in [0.717, 1.165) is 5.56 Å². The Morgan fingerprint density at radius 2 is 2.10 bits per heavy atom. The van der Waals surface area contributed by atoms with Gasteiger partial charge in [0.1, 0.15) is 5.82 Å². The fourth-order valence-corrected chi connectivity index (χ4v) is 1.92. The van der Waals surface area contributed by atoms with Crippen molar-refractivity contribution in [2.24, 2.45) is 0 Å². The molecule has 0 spiro atoms. The normalized spacial score (nSPS) is 12.3. The van der Waals surface area contributed by atoms with Gasteiger partial charge in [-0.25, -0.2) is 9.18 Å². The van der Waals surface area contributed by atoms with Crippen molar-refractivity contribution < 1.29 is 14.3 Å². The maximum atomic E-state index is 13.0. The van der Waals surface area contributed by atoms with E-state index in [4.69, 9.17) is 0 Å². The van der Waals surface area contributed by atoms with Crippen molar-refractivity contribution in [2.75, 3.05) is 13.1 Å². The number of urea groups is 1. The van der Waals surface area contributed by atoms with Crippen LogP contribution in [0.2, 0.25) is 0 Å². The van der Waals surface area contributed by atoms with Crippen LogP contribution >= 0.6 is 0 Å². The maximum absolute atomic E-state index is 13.0. The van der Waals surface area contributed by atoms with Crippen molar-refractivity contribution >= 4 is 6.03 Å². The number of halogens is 1. The molecule has 1 aromatic carbocycles. The van der Waals surface area contributed by atoms with E-state index in [0.29, 0.717) is 19.5 Å². The fraction of sp³-hybridized carbons (Fsp3) is 0.533. The highest BCUT2D eigenvalue weighted by Gasteiger charge is 2.17. The molecule has 0 radical (unpaired) electrons. The van der Waals surface area contributed by atoms with Crippen LogP contribution in [0, 0.1) is 5.82 Å². The van der Waals surface area contributed by atoms with E-state index in [-0.39, 0.29) is 17.9 Å². The zero-order chi connectivity index (χ0) is 15.1. The summed E-state index contributed by atoms with van der Waals surface area (Å²) in [4.78, 5) is 13.6. The summed E-state index contributed by atoms with van der Waals surface area (Å²) >= 11 is 0. The molecule has 1 unspecified atom stereocenters. The van der Waals surface area contributed by atoms with Crippen molar-refractivity contribution in [3.05, 3.63) is 35.6 Å². The number of amides is 2. The lowest BCUT2D eigenvalue weighted by Gasteiger charge is -2.28. The third-order valence-electron chi connectivity index (χ3n) is 2.92. The van der Waals surface area contributed by atoms with Crippen molar-refractivity contribution in [1.82, 2.24) is 10.2 Å². The Morgan fingerprint density at radius 1 is 1.40 bits per heavy atom. The first kappa shape index (κ1) is 16.4. The Hall–Kier alpha value is -1.62. The van der Waals surface area contributed by atoms with Gasteiger partial charge in [0, 0.05) is 19.1 Å². The van der Waals surface area contributed by atoms with Crippen molar-refractivity contribution in [1.29, 1.82) is 0 Å². The molecule has 0 bridgehead atoms. The number of benzene rings is 1. The van der Waals surface area contributed by atoms with Gasteiger partial charge in [-0.2, -0.15) is 0 Å². The van der Waals surface area contributed by atoms with Crippen LogP contribution < -0.4 is 5.32 Å². The average molecular weight is 282 g/mol. The number of aliphatic hydroxyl groups is 1. The van der Waals surface area contributed by atoms with Gasteiger partial charge >= 0.3 is 6.03 Å². The van der Waals surface area contributed by atoms with Crippen LogP contribution in [-0.4, -0.2) is 41.3 Å². The number of nitrogens with one attached hydrogen (secondary N) is 1. The number of carbonyl (C=O) groups is 1. The smallest absolute Gasteiger partial charge is 0.317 e. The second-order valence-electron chi connectivity index (χ2n) is 5.21. The fourth-order valence-electron chi connectivity index (χ4n) is 1.92. The molecule has 20 heavy (non-hydrogen) atoms. The van der Waals surface area contributed by atoms with Crippen LogP contribution in [0.15, 0.2) is 24.3 Å². The first-order chi connectivity index (χ1) is 9.40. The van der Waals surface area contributed by atoms with E-state index in [2.05, 4.69) is 5.32 Å². The molecule has 1 rings (SSSR count). The topological polar surface area (TPSA) is 52.6 Å². The highest BCUT2D eigenvalue weighted by Crippen LogP contribution is 2.04. The van der Waals surface area contributed by atoms with Crippen molar-refractivity contribution in [3.63, 3.8) is 0 Å². The lowest BCUT2D eigenvalue weighted by atomic mass is 10.1. The van der Waals surface area contributed by atoms with Crippen LogP contribution in [0.5, 0.6) is 0 Å². The Balaban J connectivity index is 2.45. The van der Waals surface area contributed by atoms with Crippen LogP contribution in [0.25, 0.3) is 0 Å². The van der Waals surface area contributed by atoms with Crippen molar-refractivity contribution in [2.45, 2.75) is 39.3 Å². The molecular formula is C15H23FN2O2. The van der Waals surface area contributed by atoms with Gasteiger partial charge in [0.05, 0.1) is 6.10 Å². The van der Waals surface area contributed by atoms with Gasteiger partial charge in [-0.1, -0.05) is 12.1 Å². The number of hydrogen-bond donors (Lipinski definition) is 2. The van der Waals surface area contributed by atoms with E-state index in [1.807, 2.05) is 19.9 Å². The largest absolute Gasteiger partial charge is 0.392 e. The summed E-state index contributed by atoms with van der Waals surface area (Å²) in [5, 5.41) is 12.2. The number of aliphatic hydroxyl groups excluding tert-OH is 1. The molecule has 2 amide bonds. The molecule has 0 saturated heterocycles. The van der Waals surface area contributed by atoms with Crippen molar-refractivity contribution in [3.8, 4) is 0 Å². The molecule has 0 aliphatic carbocycles. The third kappa shape index (κ3) is 5.57. The summed E-state index contributed by atoms with van der Waals surface area (Å²) in [6.07, 6.45) is 0.00998. The summed E-state index contributed by atoms with van der Waals surface area (Å²) < 4.78 is 13.0. The molecule has 0 aliphatic heterocycles. The Bertz CT molecular complexity index is 436.